The second kappa shape index (κ2) is 8.74. The van der Waals surface area contributed by atoms with Crippen LogP contribution in [-0.2, 0) is 9.59 Å². The van der Waals surface area contributed by atoms with Crippen LogP contribution in [0.3, 0.4) is 0 Å². The Kier molecular flexibility index (Phi) is 5.83. The van der Waals surface area contributed by atoms with Crippen LogP contribution in [0.2, 0.25) is 0 Å². The molecule has 0 aliphatic carbocycles. The number of nitrogens with zero attached hydrogens (tertiary/aromatic N) is 1. The molecular weight excluding hydrogens is 432 g/mol. The zero-order chi connectivity index (χ0) is 23.7. The van der Waals surface area contributed by atoms with Crippen molar-refractivity contribution >= 4 is 23.1 Å². The van der Waals surface area contributed by atoms with Crippen molar-refractivity contribution in [2.24, 2.45) is 0 Å². The van der Waals surface area contributed by atoms with Crippen LogP contribution >= 0.6 is 0 Å². The van der Waals surface area contributed by atoms with Gasteiger partial charge in [-0.2, -0.15) is 0 Å². The van der Waals surface area contributed by atoms with E-state index in [4.69, 9.17) is 9.47 Å². The first-order chi connectivity index (χ1) is 15.9. The predicted octanol–water partition coefficient (Wildman–Crippen LogP) is 4.61. The molecule has 0 spiro atoms. The fourth-order valence-electron chi connectivity index (χ4n) is 3.88. The smallest absolute Gasteiger partial charge is 0.300 e. The van der Waals surface area contributed by atoms with E-state index in [1.807, 2.05) is 0 Å². The van der Waals surface area contributed by atoms with Gasteiger partial charge < -0.3 is 14.6 Å². The van der Waals surface area contributed by atoms with Crippen LogP contribution in [0.1, 0.15) is 17.2 Å². The fraction of sp³-hybridized carbons (Fsp3) is 0.120. The predicted molar refractivity (Wildman–Crippen MR) is 117 cm³/mol. The highest BCUT2D eigenvalue weighted by Crippen LogP contribution is 2.45. The number of halogens is 2. The van der Waals surface area contributed by atoms with Gasteiger partial charge in [0.2, 0.25) is 0 Å². The third-order valence-electron chi connectivity index (χ3n) is 5.40. The largest absolute Gasteiger partial charge is 0.506 e. The Balaban J connectivity index is 2.00. The van der Waals surface area contributed by atoms with E-state index in [1.54, 1.807) is 18.2 Å². The molecule has 4 rings (SSSR count). The van der Waals surface area contributed by atoms with Crippen molar-refractivity contribution in [1.29, 1.82) is 0 Å². The second-order valence-corrected chi connectivity index (χ2v) is 7.23. The number of rotatable bonds is 5. The van der Waals surface area contributed by atoms with Crippen LogP contribution in [0, 0.1) is 11.6 Å². The minimum atomic E-state index is -1.11. The molecule has 0 bridgehead atoms. The van der Waals surface area contributed by atoms with E-state index < -0.39 is 35.1 Å². The summed E-state index contributed by atoms with van der Waals surface area (Å²) in [6.45, 7) is 0. The summed E-state index contributed by atoms with van der Waals surface area (Å²) in [5.41, 5.74) is 0.458. The van der Waals surface area contributed by atoms with Gasteiger partial charge >= 0.3 is 0 Å². The minimum absolute atomic E-state index is 0.0896. The highest BCUT2D eigenvalue weighted by Gasteiger charge is 2.47. The maximum Gasteiger partial charge on any atom is 0.300 e. The summed E-state index contributed by atoms with van der Waals surface area (Å²) in [5, 5.41) is 11.3. The number of ether oxygens (including phenoxy) is 2. The van der Waals surface area contributed by atoms with E-state index in [2.05, 4.69) is 0 Å². The summed E-state index contributed by atoms with van der Waals surface area (Å²) in [7, 11) is 2.78. The molecule has 3 aromatic carbocycles. The minimum Gasteiger partial charge on any atom is -0.506 e. The van der Waals surface area contributed by atoms with E-state index >= 15 is 0 Å². The number of hydrogen-bond donors (Lipinski definition) is 1. The number of carbonyl (C=O) groups is 2. The number of aliphatic hydroxyl groups is 1. The summed E-state index contributed by atoms with van der Waals surface area (Å²) >= 11 is 0. The highest BCUT2D eigenvalue weighted by molar-refractivity contribution is 6.51. The van der Waals surface area contributed by atoms with Crippen LogP contribution in [0.4, 0.5) is 14.5 Å². The molecule has 8 heteroatoms. The van der Waals surface area contributed by atoms with Crippen molar-refractivity contribution in [1.82, 2.24) is 0 Å². The molecule has 1 saturated heterocycles. The Morgan fingerprint density at radius 2 is 1.36 bits per heavy atom. The quantitative estimate of drug-likeness (QED) is 0.348. The van der Waals surface area contributed by atoms with Crippen molar-refractivity contribution < 1.29 is 33.0 Å². The number of amides is 1. The lowest BCUT2D eigenvalue weighted by atomic mass is 9.94. The molecule has 6 nitrogen and oxygen atoms in total. The average Bonchev–Trinajstić information content (AvgIpc) is 3.09. The summed E-state index contributed by atoms with van der Waals surface area (Å²) in [6.07, 6.45) is 0. The molecule has 1 aliphatic heterocycles. The van der Waals surface area contributed by atoms with Gasteiger partial charge in [-0.15, -0.1) is 0 Å². The van der Waals surface area contributed by atoms with Gasteiger partial charge in [-0.3, -0.25) is 14.5 Å². The zero-order valence-corrected chi connectivity index (χ0v) is 17.7. The summed E-state index contributed by atoms with van der Waals surface area (Å²) in [5.74, 6) is -2.99. The molecule has 1 unspecified atom stereocenters. The van der Waals surface area contributed by atoms with Crippen LogP contribution in [0.15, 0.2) is 72.3 Å². The average molecular weight is 451 g/mol. The zero-order valence-electron chi connectivity index (χ0n) is 17.7. The number of ketones is 1. The molecule has 1 N–H and O–H groups in total. The molecule has 3 aromatic rings. The van der Waals surface area contributed by atoms with Gasteiger partial charge in [0.25, 0.3) is 11.7 Å². The van der Waals surface area contributed by atoms with E-state index in [-0.39, 0.29) is 28.3 Å². The lowest BCUT2D eigenvalue weighted by molar-refractivity contribution is -0.132. The Hall–Kier alpha value is -4.20. The number of carbonyl (C=O) groups excluding carboxylic acids is 2. The van der Waals surface area contributed by atoms with Crippen LogP contribution in [-0.4, -0.2) is 31.0 Å². The summed E-state index contributed by atoms with van der Waals surface area (Å²) < 4.78 is 37.8. The number of anilines is 1. The molecule has 1 heterocycles. The van der Waals surface area contributed by atoms with Gasteiger partial charge in [0.1, 0.15) is 34.5 Å². The first-order valence-corrected chi connectivity index (χ1v) is 9.90. The Morgan fingerprint density at radius 1 is 0.848 bits per heavy atom. The first-order valence-electron chi connectivity index (χ1n) is 9.90. The van der Waals surface area contributed by atoms with Crippen LogP contribution < -0.4 is 14.4 Å². The lowest BCUT2D eigenvalue weighted by Crippen LogP contribution is -2.29. The standard InChI is InChI=1S/C25H19F2NO5/c1-32-18-4-3-5-19(33-2)20(18)23(29)21-22(14-6-8-15(26)9-7-14)28(25(31)24(21)30)17-12-10-16(27)11-13-17/h3-13,22,29H,1-2H3/b23-21+. The summed E-state index contributed by atoms with van der Waals surface area (Å²) in [6, 6.07) is 13.9. The Labute approximate surface area is 188 Å². The number of benzene rings is 3. The molecule has 0 saturated carbocycles. The van der Waals surface area contributed by atoms with E-state index in [9.17, 15) is 23.5 Å². The van der Waals surface area contributed by atoms with Crippen molar-refractivity contribution in [2.45, 2.75) is 6.04 Å². The molecule has 1 aliphatic rings. The molecule has 1 atom stereocenters. The molecular formula is C25H19F2NO5. The van der Waals surface area contributed by atoms with Crippen LogP contribution in [0.5, 0.6) is 11.5 Å². The normalized spacial score (nSPS) is 17.3. The van der Waals surface area contributed by atoms with Gasteiger partial charge in [0, 0.05) is 5.69 Å². The van der Waals surface area contributed by atoms with Gasteiger partial charge in [0.05, 0.1) is 25.8 Å². The fourth-order valence-corrected chi connectivity index (χ4v) is 3.88. The van der Waals surface area contributed by atoms with Gasteiger partial charge in [-0.05, 0) is 54.1 Å². The number of Topliss-reactive ketones (excluding diaryl/α,β-unsaturated/α-hetero) is 1. The van der Waals surface area contributed by atoms with Crippen LogP contribution in [0.25, 0.3) is 5.76 Å². The van der Waals surface area contributed by atoms with Gasteiger partial charge in [-0.25, -0.2) is 8.78 Å². The Morgan fingerprint density at radius 3 is 1.88 bits per heavy atom. The second-order valence-electron chi connectivity index (χ2n) is 7.23. The number of methoxy groups -OCH3 is 2. The first kappa shape index (κ1) is 22.0. The lowest BCUT2D eigenvalue weighted by Gasteiger charge is -2.25. The molecule has 0 aromatic heterocycles. The third-order valence-corrected chi connectivity index (χ3v) is 5.40. The van der Waals surface area contributed by atoms with Gasteiger partial charge in [-0.1, -0.05) is 18.2 Å². The number of hydrogen-bond acceptors (Lipinski definition) is 5. The van der Waals surface area contributed by atoms with Gasteiger partial charge in [0.15, 0.2) is 0 Å². The highest BCUT2D eigenvalue weighted by atomic mass is 19.1. The number of aliphatic hydroxyl groups excluding tert-OH is 1. The van der Waals surface area contributed by atoms with E-state index in [1.165, 1.54) is 50.6 Å². The molecule has 33 heavy (non-hydrogen) atoms. The van der Waals surface area contributed by atoms with Crippen molar-refractivity contribution in [3.05, 3.63) is 95.1 Å². The summed E-state index contributed by atoms with van der Waals surface area (Å²) in [4.78, 5) is 27.4. The molecule has 1 fully saturated rings. The molecule has 0 radical (unpaired) electrons. The maximum absolute atomic E-state index is 13.6. The van der Waals surface area contributed by atoms with Crippen molar-refractivity contribution in [2.75, 3.05) is 19.1 Å². The van der Waals surface area contributed by atoms with Crippen molar-refractivity contribution in [3.8, 4) is 11.5 Å². The Bertz CT molecular complexity index is 1230. The third kappa shape index (κ3) is 3.80. The topological polar surface area (TPSA) is 76.1 Å². The molecule has 168 valence electrons. The van der Waals surface area contributed by atoms with E-state index in [0.717, 1.165) is 17.0 Å². The van der Waals surface area contributed by atoms with E-state index in [0.29, 0.717) is 5.56 Å². The monoisotopic (exact) mass is 451 g/mol. The maximum atomic E-state index is 13.6. The SMILES string of the molecule is COc1cccc(OC)c1/C(O)=C1\C(=O)C(=O)N(c2ccc(F)cc2)C1c1ccc(F)cc1. The van der Waals surface area contributed by atoms with Crippen molar-refractivity contribution in [3.63, 3.8) is 0 Å². The molecule has 1 amide bonds.